The van der Waals surface area contributed by atoms with Crippen LogP contribution in [0.25, 0.3) is 0 Å². The van der Waals surface area contributed by atoms with Crippen molar-refractivity contribution in [3.05, 3.63) is 65.7 Å². The molecule has 0 heterocycles. The first kappa shape index (κ1) is 22.9. The highest BCUT2D eigenvalue weighted by molar-refractivity contribution is 5.93. The number of anilines is 1. The standard InChI is InChI=1S/C23H28N2O5/c1-16(20(26)24-15-14-17-8-6-5-7-9-17)29-21(27)18-10-12-19(13-11-18)25-22(28)30-23(2,3)4/h5-13,16H,14-15H2,1-4H3,(H,24,26)(H,25,28)/t16-/m1/s1. The molecule has 7 heteroatoms. The number of nitrogens with one attached hydrogen (secondary N) is 2. The Kier molecular flexibility index (Phi) is 7.98. The summed E-state index contributed by atoms with van der Waals surface area (Å²) in [6.07, 6.45) is -0.814. The number of hydrogen-bond acceptors (Lipinski definition) is 5. The van der Waals surface area contributed by atoms with E-state index in [-0.39, 0.29) is 11.5 Å². The van der Waals surface area contributed by atoms with E-state index in [1.54, 1.807) is 32.9 Å². The molecule has 30 heavy (non-hydrogen) atoms. The number of amides is 2. The number of carbonyl (C=O) groups is 3. The number of rotatable bonds is 7. The van der Waals surface area contributed by atoms with Crippen molar-refractivity contribution < 1.29 is 23.9 Å². The lowest BCUT2D eigenvalue weighted by molar-refractivity contribution is -0.129. The zero-order chi connectivity index (χ0) is 22.1. The molecule has 0 aliphatic carbocycles. The van der Waals surface area contributed by atoms with Crippen LogP contribution in [0.15, 0.2) is 54.6 Å². The monoisotopic (exact) mass is 412 g/mol. The van der Waals surface area contributed by atoms with Crippen LogP contribution in [0.3, 0.4) is 0 Å². The lowest BCUT2D eigenvalue weighted by Crippen LogP contribution is -2.36. The van der Waals surface area contributed by atoms with Crippen molar-refractivity contribution >= 4 is 23.7 Å². The van der Waals surface area contributed by atoms with E-state index in [1.807, 2.05) is 30.3 Å². The second-order valence-electron chi connectivity index (χ2n) is 7.78. The van der Waals surface area contributed by atoms with Crippen molar-refractivity contribution in [2.45, 2.75) is 45.8 Å². The largest absolute Gasteiger partial charge is 0.449 e. The lowest BCUT2D eigenvalue weighted by Gasteiger charge is -2.19. The molecule has 0 aliphatic rings. The number of benzene rings is 2. The third-order valence-electron chi connectivity index (χ3n) is 3.97. The van der Waals surface area contributed by atoms with Gasteiger partial charge in [-0.3, -0.25) is 10.1 Å². The zero-order valence-corrected chi connectivity index (χ0v) is 17.7. The van der Waals surface area contributed by atoms with Gasteiger partial charge in [0.05, 0.1) is 5.56 Å². The molecule has 0 saturated carbocycles. The molecular formula is C23H28N2O5. The fraction of sp³-hybridized carbons (Fsp3) is 0.348. The van der Waals surface area contributed by atoms with Crippen LogP contribution in [0, 0.1) is 0 Å². The average Bonchev–Trinajstić information content (AvgIpc) is 2.67. The summed E-state index contributed by atoms with van der Waals surface area (Å²) < 4.78 is 10.4. The van der Waals surface area contributed by atoms with E-state index < -0.39 is 23.8 Å². The van der Waals surface area contributed by atoms with E-state index in [4.69, 9.17) is 9.47 Å². The van der Waals surface area contributed by atoms with E-state index in [1.165, 1.54) is 19.1 Å². The first-order chi connectivity index (χ1) is 14.1. The molecule has 7 nitrogen and oxygen atoms in total. The van der Waals surface area contributed by atoms with E-state index in [9.17, 15) is 14.4 Å². The fourth-order valence-electron chi connectivity index (χ4n) is 2.51. The Morgan fingerprint density at radius 3 is 2.20 bits per heavy atom. The van der Waals surface area contributed by atoms with E-state index in [2.05, 4.69) is 10.6 Å². The Labute approximate surface area is 176 Å². The van der Waals surface area contributed by atoms with Gasteiger partial charge in [-0.1, -0.05) is 30.3 Å². The summed E-state index contributed by atoms with van der Waals surface area (Å²) in [7, 11) is 0. The molecule has 1 atom stereocenters. The Bertz CT molecular complexity index is 857. The van der Waals surface area contributed by atoms with Gasteiger partial charge in [0.1, 0.15) is 5.60 Å². The van der Waals surface area contributed by atoms with Gasteiger partial charge < -0.3 is 14.8 Å². The average molecular weight is 412 g/mol. The summed E-state index contributed by atoms with van der Waals surface area (Å²) in [4.78, 5) is 36.2. The maximum Gasteiger partial charge on any atom is 0.412 e. The molecule has 2 aromatic rings. The van der Waals surface area contributed by atoms with Crippen molar-refractivity contribution in [1.29, 1.82) is 0 Å². The number of esters is 1. The van der Waals surface area contributed by atoms with E-state index in [0.717, 1.165) is 5.56 Å². The summed E-state index contributed by atoms with van der Waals surface area (Å²) in [5.41, 5.74) is 1.26. The maximum atomic E-state index is 12.3. The van der Waals surface area contributed by atoms with Crippen LogP contribution in [-0.4, -0.2) is 36.2 Å². The molecular weight excluding hydrogens is 384 g/mol. The van der Waals surface area contributed by atoms with Gasteiger partial charge in [0.15, 0.2) is 6.10 Å². The van der Waals surface area contributed by atoms with Crippen molar-refractivity contribution in [3.8, 4) is 0 Å². The van der Waals surface area contributed by atoms with Crippen LogP contribution in [0.5, 0.6) is 0 Å². The summed E-state index contributed by atoms with van der Waals surface area (Å²) in [5.74, 6) is -0.980. The number of hydrogen-bond donors (Lipinski definition) is 2. The minimum atomic E-state index is -0.923. The molecule has 2 N–H and O–H groups in total. The Balaban J connectivity index is 1.80. The third-order valence-corrected chi connectivity index (χ3v) is 3.97. The van der Waals surface area contributed by atoms with Crippen LogP contribution in [0.2, 0.25) is 0 Å². The molecule has 160 valence electrons. The summed E-state index contributed by atoms with van der Waals surface area (Å²) in [6.45, 7) is 7.28. The van der Waals surface area contributed by atoms with Crippen LogP contribution >= 0.6 is 0 Å². The van der Waals surface area contributed by atoms with Gasteiger partial charge in [-0.15, -0.1) is 0 Å². The molecule has 2 amide bonds. The second-order valence-corrected chi connectivity index (χ2v) is 7.78. The minimum absolute atomic E-state index is 0.272. The van der Waals surface area contributed by atoms with E-state index >= 15 is 0 Å². The van der Waals surface area contributed by atoms with Crippen molar-refractivity contribution in [3.63, 3.8) is 0 Å². The highest BCUT2D eigenvalue weighted by Gasteiger charge is 2.19. The molecule has 0 fully saturated rings. The highest BCUT2D eigenvalue weighted by atomic mass is 16.6. The third kappa shape index (κ3) is 7.95. The van der Waals surface area contributed by atoms with Gasteiger partial charge in [-0.05, 0) is 63.9 Å². The maximum absolute atomic E-state index is 12.3. The number of ether oxygens (including phenoxy) is 2. The summed E-state index contributed by atoms with van der Waals surface area (Å²) in [6, 6.07) is 15.9. The molecule has 2 rings (SSSR count). The fourth-order valence-corrected chi connectivity index (χ4v) is 2.51. The Hall–Kier alpha value is -3.35. The van der Waals surface area contributed by atoms with Gasteiger partial charge in [-0.2, -0.15) is 0 Å². The molecule has 0 unspecified atom stereocenters. The molecule has 0 aromatic heterocycles. The predicted molar refractivity (Wildman–Crippen MR) is 114 cm³/mol. The van der Waals surface area contributed by atoms with Gasteiger partial charge in [0.25, 0.3) is 5.91 Å². The topological polar surface area (TPSA) is 93.7 Å². The quantitative estimate of drug-likeness (QED) is 0.672. The number of carbonyl (C=O) groups excluding carboxylic acids is 3. The minimum Gasteiger partial charge on any atom is -0.449 e. The zero-order valence-electron chi connectivity index (χ0n) is 17.7. The molecule has 2 aromatic carbocycles. The molecule has 0 saturated heterocycles. The SMILES string of the molecule is C[C@@H](OC(=O)c1ccc(NC(=O)OC(C)(C)C)cc1)C(=O)NCCc1ccccc1. The van der Waals surface area contributed by atoms with Gasteiger partial charge in [-0.25, -0.2) is 9.59 Å². The normalized spacial score (nSPS) is 11.9. The van der Waals surface area contributed by atoms with Crippen LogP contribution < -0.4 is 10.6 Å². The van der Waals surface area contributed by atoms with Crippen LogP contribution in [0.4, 0.5) is 10.5 Å². The van der Waals surface area contributed by atoms with Crippen molar-refractivity contribution in [1.82, 2.24) is 5.32 Å². The van der Waals surface area contributed by atoms with Gasteiger partial charge in [0.2, 0.25) is 0 Å². The van der Waals surface area contributed by atoms with Crippen molar-refractivity contribution in [2.75, 3.05) is 11.9 Å². The van der Waals surface area contributed by atoms with Gasteiger partial charge in [0, 0.05) is 12.2 Å². The first-order valence-corrected chi connectivity index (χ1v) is 9.77. The summed E-state index contributed by atoms with van der Waals surface area (Å²) in [5, 5.41) is 5.34. The highest BCUT2D eigenvalue weighted by Crippen LogP contribution is 2.14. The molecule has 0 radical (unpaired) electrons. The molecule has 0 bridgehead atoms. The Morgan fingerprint density at radius 1 is 0.967 bits per heavy atom. The second kappa shape index (κ2) is 10.4. The van der Waals surface area contributed by atoms with Crippen LogP contribution in [-0.2, 0) is 20.7 Å². The van der Waals surface area contributed by atoms with Crippen molar-refractivity contribution in [2.24, 2.45) is 0 Å². The van der Waals surface area contributed by atoms with E-state index in [0.29, 0.717) is 18.7 Å². The Morgan fingerprint density at radius 2 is 1.60 bits per heavy atom. The predicted octanol–water partition coefficient (Wildman–Crippen LogP) is 3.94. The van der Waals surface area contributed by atoms with Gasteiger partial charge >= 0.3 is 12.1 Å². The molecule has 0 spiro atoms. The van der Waals surface area contributed by atoms with Crippen LogP contribution in [0.1, 0.15) is 43.6 Å². The lowest BCUT2D eigenvalue weighted by atomic mass is 10.1. The smallest absolute Gasteiger partial charge is 0.412 e. The first-order valence-electron chi connectivity index (χ1n) is 9.77. The molecule has 0 aliphatic heterocycles. The summed E-state index contributed by atoms with van der Waals surface area (Å²) >= 11 is 0.